The number of rotatable bonds is 11. The SMILES string of the molecule is CCNC(=NCCCOCC1CC1)NCCN(C)C1CCCC1.I. The Bertz CT molecular complexity index is 344. The van der Waals surface area contributed by atoms with Gasteiger partial charge in [0.25, 0.3) is 0 Å². The number of hydrogen-bond acceptors (Lipinski definition) is 3. The maximum absolute atomic E-state index is 5.65. The molecule has 2 aliphatic rings. The first kappa shape index (κ1) is 22.0. The van der Waals surface area contributed by atoms with Crippen LogP contribution >= 0.6 is 24.0 Å². The van der Waals surface area contributed by atoms with Crippen LogP contribution in [0.4, 0.5) is 0 Å². The largest absolute Gasteiger partial charge is 0.381 e. The van der Waals surface area contributed by atoms with E-state index in [1.165, 1.54) is 38.5 Å². The molecule has 0 saturated heterocycles. The molecule has 0 bridgehead atoms. The topological polar surface area (TPSA) is 48.9 Å². The molecule has 2 N–H and O–H groups in total. The predicted octanol–water partition coefficient (Wildman–Crippen LogP) is 2.85. The lowest BCUT2D eigenvalue weighted by Crippen LogP contribution is -2.42. The summed E-state index contributed by atoms with van der Waals surface area (Å²) in [7, 11) is 2.25. The third kappa shape index (κ3) is 9.42. The molecule has 142 valence electrons. The monoisotopic (exact) mass is 452 g/mol. The van der Waals surface area contributed by atoms with Crippen LogP contribution in [-0.2, 0) is 4.74 Å². The maximum atomic E-state index is 5.65. The highest BCUT2D eigenvalue weighted by Crippen LogP contribution is 2.28. The Morgan fingerprint density at radius 2 is 1.92 bits per heavy atom. The summed E-state index contributed by atoms with van der Waals surface area (Å²) in [5.41, 5.74) is 0. The molecule has 6 heteroatoms. The molecule has 2 rings (SSSR count). The molecule has 0 aromatic heterocycles. The second-order valence-corrected chi connectivity index (χ2v) is 6.98. The minimum absolute atomic E-state index is 0. The van der Waals surface area contributed by atoms with Crippen LogP contribution in [0.1, 0.15) is 51.9 Å². The van der Waals surface area contributed by atoms with Crippen LogP contribution in [0.3, 0.4) is 0 Å². The average Bonchev–Trinajstić information content (AvgIpc) is 3.20. The van der Waals surface area contributed by atoms with E-state index in [0.717, 1.165) is 63.7 Å². The third-order valence-electron chi connectivity index (χ3n) is 4.82. The summed E-state index contributed by atoms with van der Waals surface area (Å²) in [5, 5.41) is 6.78. The second kappa shape index (κ2) is 13.2. The molecule has 0 amide bonds. The zero-order valence-corrected chi connectivity index (χ0v) is 17.9. The molecule has 0 heterocycles. The zero-order chi connectivity index (χ0) is 16.3. The minimum atomic E-state index is 0. The standard InChI is InChI=1S/C18H36N4O.HI/c1-3-19-18(20-11-6-14-23-15-16-9-10-16)21-12-13-22(2)17-7-4-5-8-17;/h16-17H,3-15H2,1-2H3,(H2,19,20,21);1H. The normalized spacial score (nSPS) is 18.7. The summed E-state index contributed by atoms with van der Waals surface area (Å²) in [4.78, 5) is 7.13. The first-order chi connectivity index (χ1) is 11.3. The molecule has 5 nitrogen and oxygen atoms in total. The fraction of sp³-hybridized carbons (Fsp3) is 0.944. The van der Waals surface area contributed by atoms with Crippen molar-refractivity contribution in [3.63, 3.8) is 0 Å². The van der Waals surface area contributed by atoms with Gasteiger partial charge in [0.15, 0.2) is 5.96 Å². The smallest absolute Gasteiger partial charge is 0.191 e. The molecular weight excluding hydrogens is 415 g/mol. The van der Waals surface area contributed by atoms with E-state index >= 15 is 0 Å². The van der Waals surface area contributed by atoms with Crippen LogP contribution in [0, 0.1) is 5.92 Å². The quantitative estimate of drug-likeness (QED) is 0.219. The van der Waals surface area contributed by atoms with Gasteiger partial charge in [0.2, 0.25) is 0 Å². The van der Waals surface area contributed by atoms with Gasteiger partial charge in [-0.2, -0.15) is 0 Å². The van der Waals surface area contributed by atoms with Gasteiger partial charge in [0.05, 0.1) is 0 Å². The summed E-state index contributed by atoms with van der Waals surface area (Å²) in [5.74, 6) is 1.80. The minimum Gasteiger partial charge on any atom is -0.381 e. The molecule has 24 heavy (non-hydrogen) atoms. The van der Waals surface area contributed by atoms with Crippen molar-refractivity contribution >= 4 is 29.9 Å². The number of hydrogen-bond donors (Lipinski definition) is 2. The van der Waals surface area contributed by atoms with Crippen LogP contribution < -0.4 is 10.6 Å². The Labute approximate surface area is 165 Å². The van der Waals surface area contributed by atoms with Crippen molar-refractivity contribution in [2.45, 2.75) is 57.9 Å². The summed E-state index contributed by atoms with van der Waals surface area (Å²) in [6.45, 7) is 7.68. The average molecular weight is 452 g/mol. The molecule has 2 fully saturated rings. The molecule has 0 aromatic rings. The van der Waals surface area contributed by atoms with Crippen molar-refractivity contribution in [2.24, 2.45) is 10.9 Å². The first-order valence-corrected chi connectivity index (χ1v) is 9.59. The number of likely N-dealkylation sites (N-methyl/N-ethyl adjacent to an activating group) is 1. The molecule has 2 saturated carbocycles. The van der Waals surface area contributed by atoms with Gasteiger partial charge in [-0.1, -0.05) is 12.8 Å². The van der Waals surface area contributed by atoms with Crippen LogP contribution in [-0.4, -0.2) is 63.3 Å². The predicted molar refractivity (Wildman–Crippen MR) is 112 cm³/mol. The number of halogens is 1. The molecule has 0 aliphatic heterocycles. The highest BCUT2D eigenvalue weighted by atomic mass is 127. The Morgan fingerprint density at radius 3 is 2.58 bits per heavy atom. The third-order valence-corrected chi connectivity index (χ3v) is 4.82. The number of aliphatic imine (C=N–C) groups is 1. The zero-order valence-electron chi connectivity index (χ0n) is 15.6. The Hall–Kier alpha value is -0.0800. The number of nitrogens with zero attached hydrogens (tertiary/aromatic N) is 2. The molecular formula is C18H37IN4O. The van der Waals surface area contributed by atoms with Gasteiger partial charge in [-0.05, 0) is 52.0 Å². The first-order valence-electron chi connectivity index (χ1n) is 9.59. The van der Waals surface area contributed by atoms with Crippen molar-refractivity contribution < 1.29 is 4.74 Å². The lowest BCUT2D eigenvalue weighted by molar-refractivity contribution is 0.123. The lowest BCUT2D eigenvalue weighted by Gasteiger charge is -2.24. The van der Waals surface area contributed by atoms with Crippen molar-refractivity contribution in [3.8, 4) is 0 Å². The molecule has 0 spiro atoms. The summed E-state index contributed by atoms with van der Waals surface area (Å²) < 4.78 is 5.65. The molecule has 2 aliphatic carbocycles. The van der Waals surface area contributed by atoms with Crippen molar-refractivity contribution in [1.82, 2.24) is 15.5 Å². The molecule has 0 aromatic carbocycles. The van der Waals surface area contributed by atoms with Gasteiger partial charge >= 0.3 is 0 Å². The van der Waals surface area contributed by atoms with E-state index in [4.69, 9.17) is 4.74 Å². The van der Waals surface area contributed by atoms with Gasteiger partial charge < -0.3 is 20.3 Å². The maximum Gasteiger partial charge on any atom is 0.191 e. The van der Waals surface area contributed by atoms with Crippen LogP contribution in [0.15, 0.2) is 4.99 Å². The van der Waals surface area contributed by atoms with E-state index in [1.54, 1.807) is 0 Å². The van der Waals surface area contributed by atoms with Crippen LogP contribution in [0.25, 0.3) is 0 Å². The van der Waals surface area contributed by atoms with Crippen molar-refractivity contribution in [1.29, 1.82) is 0 Å². The summed E-state index contributed by atoms with van der Waals surface area (Å²) in [6.07, 6.45) is 9.26. The lowest BCUT2D eigenvalue weighted by atomic mass is 10.2. The van der Waals surface area contributed by atoms with Crippen LogP contribution in [0.5, 0.6) is 0 Å². The number of nitrogens with one attached hydrogen (secondary N) is 2. The van der Waals surface area contributed by atoms with Crippen molar-refractivity contribution in [2.75, 3.05) is 46.4 Å². The van der Waals surface area contributed by atoms with Gasteiger partial charge in [-0.25, -0.2) is 0 Å². The van der Waals surface area contributed by atoms with Gasteiger partial charge in [0.1, 0.15) is 0 Å². The van der Waals surface area contributed by atoms with E-state index in [1.807, 2.05) is 0 Å². The highest BCUT2D eigenvalue weighted by Gasteiger charge is 2.21. The van der Waals surface area contributed by atoms with Crippen LogP contribution in [0.2, 0.25) is 0 Å². The Morgan fingerprint density at radius 1 is 1.17 bits per heavy atom. The van der Waals surface area contributed by atoms with Gasteiger partial charge in [0, 0.05) is 45.4 Å². The fourth-order valence-corrected chi connectivity index (χ4v) is 3.11. The molecule has 0 radical (unpaired) electrons. The van der Waals surface area contributed by atoms with E-state index in [0.29, 0.717) is 0 Å². The molecule has 0 unspecified atom stereocenters. The van der Waals surface area contributed by atoms with E-state index < -0.39 is 0 Å². The number of guanidine groups is 1. The number of ether oxygens (including phenoxy) is 1. The van der Waals surface area contributed by atoms with Gasteiger partial charge in [-0.3, -0.25) is 4.99 Å². The summed E-state index contributed by atoms with van der Waals surface area (Å²) >= 11 is 0. The molecule has 0 atom stereocenters. The van der Waals surface area contributed by atoms with E-state index in [9.17, 15) is 0 Å². The van der Waals surface area contributed by atoms with E-state index in [-0.39, 0.29) is 24.0 Å². The highest BCUT2D eigenvalue weighted by molar-refractivity contribution is 14.0. The fourth-order valence-electron chi connectivity index (χ4n) is 3.11. The second-order valence-electron chi connectivity index (χ2n) is 6.98. The summed E-state index contributed by atoms with van der Waals surface area (Å²) in [6, 6.07) is 0.792. The van der Waals surface area contributed by atoms with E-state index in [2.05, 4.69) is 34.5 Å². The van der Waals surface area contributed by atoms with Gasteiger partial charge in [-0.15, -0.1) is 24.0 Å². The Kier molecular flexibility index (Phi) is 12.0. The van der Waals surface area contributed by atoms with Crippen molar-refractivity contribution in [3.05, 3.63) is 0 Å². The Balaban J connectivity index is 0.00000288.